The molecule has 0 radical (unpaired) electrons. The summed E-state index contributed by atoms with van der Waals surface area (Å²) in [5, 5.41) is 12.6. The zero-order valence-electron chi connectivity index (χ0n) is 10.1. The largest absolute Gasteiger partial charge is 0.480 e. The second-order valence-electron chi connectivity index (χ2n) is 3.75. The number of carboxylic acids is 1. The van der Waals surface area contributed by atoms with Crippen molar-refractivity contribution >= 4 is 16.0 Å². The van der Waals surface area contributed by atoms with Crippen molar-refractivity contribution in [1.29, 1.82) is 0 Å². The summed E-state index contributed by atoms with van der Waals surface area (Å²) in [6.45, 7) is 2.92. The molecule has 0 aliphatic rings. The molecule has 1 rings (SSSR count). The standard InChI is InChI=1S/C9H15N3O4S/c1-6-8(5-10-11(6)3)17(15,16)12(4)7(2)9(13)14/h5,7H,1-4H3,(H,13,14). The van der Waals surface area contributed by atoms with Gasteiger partial charge in [0.2, 0.25) is 10.0 Å². The van der Waals surface area contributed by atoms with Crippen LogP contribution in [0, 0.1) is 6.92 Å². The topological polar surface area (TPSA) is 92.5 Å². The third-order valence-electron chi connectivity index (χ3n) is 2.75. The lowest BCUT2D eigenvalue weighted by molar-refractivity contribution is -0.140. The van der Waals surface area contributed by atoms with Crippen LogP contribution in [0.4, 0.5) is 0 Å². The Hall–Kier alpha value is -1.41. The van der Waals surface area contributed by atoms with Gasteiger partial charge in [-0.2, -0.15) is 9.40 Å². The molecule has 7 nitrogen and oxygen atoms in total. The summed E-state index contributed by atoms with van der Waals surface area (Å²) >= 11 is 0. The maximum atomic E-state index is 12.1. The van der Waals surface area contributed by atoms with E-state index in [1.165, 1.54) is 24.9 Å². The van der Waals surface area contributed by atoms with E-state index in [1.807, 2.05) is 0 Å². The highest BCUT2D eigenvalue weighted by molar-refractivity contribution is 7.89. The number of aliphatic carboxylic acids is 1. The van der Waals surface area contributed by atoms with Gasteiger partial charge >= 0.3 is 5.97 Å². The molecule has 0 saturated heterocycles. The van der Waals surface area contributed by atoms with Crippen molar-refractivity contribution in [2.24, 2.45) is 7.05 Å². The first-order valence-electron chi connectivity index (χ1n) is 4.89. The average molecular weight is 261 g/mol. The van der Waals surface area contributed by atoms with Crippen LogP contribution in [0.2, 0.25) is 0 Å². The van der Waals surface area contributed by atoms with Gasteiger partial charge in [0.25, 0.3) is 0 Å². The van der Waals surface area contributed by atoms with Crippen LogP contribution >= 0.6 is 0 Å². The third-order valence-corrected chi connectivity index (χ3v) is 4.78. The van der Waals surface area contributed by atoms with E-state index in [-0.39, 0.29) is 4.90 Å². The van der Waals surface area contributed by atoms with E-state index in [2.05, 4.69) is 5.10 Å². The van der Waals surface area contributed by atoms with Gasteiger partial charge in [0, 0.05) is 14.1 Å². The molecule has 8 heteroatoms. The second-order valence-corrected chi connectivity index (χ2v) is 5.72. The molecule has 1 unspecified atom stereocenters. The minimum Gasteiger partial charge on any atom is -0.480 e. The van der Waals surface area contributed by atoms with E-state index in [1.54, 1.807) is 14.0 Å². The maximum absolute atomic E-state index is 12.1. The van der Waals surface area contributed by atoms with Gasteiger partial charge in [-0.3, -0.25) is 9.48 Å². The summed E-state index contributed by atoms with van der Waals surface area (Å²) in [6, 6.07) is -1.13. The molecule has 1 N–H and O–H groups in total. The molecule has 1 aromatic heterocycles. The summed E-state index contributed by atoms with van der Waals surface area (Å²) in [7, 11) is -0.967. The summed E-state index contributed by atoms with van der Waals surface area (Å²) in [5.74, 6) is -1.20. The summed E-state index contributed by atoms with van der Waals surface area (Å²) in [4.78, 5) is 10.8. The highest BCUT2D eigenvalue weighted by Crippen LogP contribution is 2.19. The van der Waals surface area contributed by atoms with Crippen LogP contribution < -0.4 is 0 Å². The average Bonchev–Trinajstić information content (AvgIpc) is 2.57. The van der Waals surface area contributed by atoms with Crippen LogP contribution in [-0.4, -0.2) is 46.7 Å². The molecule has 0 saturated carbocycles. The summed E-state index contributed by atoms with van der Waals surface area (Å²) < 4.78 is 26.5. The Morgan fingerprint density at radius 1 is 1.59 bits per heavy atom. The lowest BCUT2D eigenvalue weighted by atomic mass is 10.4. The Labute approximate surface area is 99.7 Å². The quantitative estimate of drug-likeness (QED) is 0.811. The maximum Gasteiger partial charge on any atom is 0.321 e. The predicted octanol–water partition coefficient (Wildman–Crippen LogP) is -0.178. The molecule has 0 aliphatic heterocycles. The minimum atomic E-state index is -3.82. The molecular formula is C9H15N3O4S. The number of aryl methyl sites for hydroxylation is 1. The van der Waals surface area contributed by atoms with E-state index in [0.29, 0.717) is 5.69 Å². The molecule has 0 spiro atoms. The van der Waals surface area contributed by atoms with Crippen LogP contribution in [0.1, 0.15) is 12.6 Å². The van der Waals surface area contributed by atoms with Crippen LogP contribution in [0.15, 0.2) is 11.1 Å². The molecule has 0 bridgehead atoms. The number of hydrogen-bond acceptors (Lipinski definition) is 4. The smallest absolute Gasteiger partial charge is 0.321 e. The Morgan fingerprint density at radius 2 is 2.12 bits per heavy atom. The van der Waals surface area contributed by atoms with Crippen LogP contribution in [0.25, 0.3) is 0 Å². The van der Waals surface area contributed by atoms with E-state index in [0.717, 1.165) is 4.31 Å². The van der Waals surface area contributed by atoms with Crippen molar-refractivity contribution in [2.45, 2.75) is 24.8 Å². The van der Waals surface area contributed by atoms with Crippen LogP contribution in [0.5, 0.6) is 0 Å². The van der Waals surface area contributed by atoms with Gasteiger partial charge in [-0.1, -0.05) is 0 Å². The molecule has 0 amide bonds. The van der Waals surface area contributed by atoms with Gasteiger partial charge in [0.15, 0.2) is 0 Å². The van der Waals surface area contributed by atoms with Gasteiger partial charge in [-0.25, -0.2) is 8.42 Å². The molecule has 17 heavy (non-hydrogen) atoms. The first-order chi connectivity index (χ1) is 7.69. The van der Waals surface area contributed by atoms with E-state index >= 15 is 0 Å². The lowest BCUT2D eigenvalue weighted by Gasteiger charge is -2.20. The molecule has 0 fully saturated rings. The van der Waals surface area contributed by atoms with Gasteiger partial charge < -0.3 is 5.11 Å². The van der Waals surface area contributed by atoms with Crippen molar-refractivity contribution in [3.05, 3.63) is 11.9 Å². The Morgan fingerprint density at radius 3 is 2.47 bits per heavy atom. The lowest BCUT2D eigenvalue weighted by Crippen LogP contribution is -2.40. The highest BCUT2D eigenvalue weighted by Gasteiger charge is 2.31. The van der Waals surface area contributed by atoms with Crippen molar-refractivity contribution in [3.8, 4) is 0 Å². The number of rotatable bonds is 4. The fraction of sp³-hybridized carbons (Fsp3) is 0.556. The third kappa shape index (κ3) is 2.32. The second kappa shape index (κ2) is 4.46. The van der Waals surface area contributed by atoms with E-state index in [9.17, 15) is 13.2 Å². The van der Waals surface area contributed by atoms with Crippen molar-refractivity contribution in [1.82, 2.24) is 14.1 Å². The van der Waals surface area contributed by atoms with Crippen molar-refractivity contribution in [3.63, 3.8) is 0 Å². The summed E-state index contributed by atoms with van der Waals surface area (Å²) in [6.07, 6.45) is 1.22. The normalized spacial score (nSPS) is 13.9. The number of hydrogen-bond donors (Lipinski definition) is 1. The predicted molar refractivity (Wildman–Crippen MR) is 60.0 cm³/mol. The number of carbonyl (C=O) groups is 1. The molecule has 1 heterocycles. The number of carboxylic acid groups (broad SMARTS) is 1. The fourth-order valence-corrected chi connectivity index (χ4v) is 2.75. The number of likely N-dealkylation sites (N-methyl/N-ethyl adjacent to an activating group) is 1. The van der Waals surface area contributed by atoms with Gasteiger partial charge in [-0.15, -0.1) is 0 Å². The zero-order chi connectivity index (χ0) is 13.4. The molecule has 0 aliphatic carbocycles. The minimum absolute atomic E-state index is 0.0237. The van der Waals surface area contributed by atoms with Crippen LogP contribution in [-0.2, 0) is 21.9 Å². The Bertz CT molecular complexity index is 534. The SMILES string of the molecule is Cc1c(S(=O)(=O)N(C)C(C)C(=O)O)cnn1C. The van der Waals surface area contributed by atoms with Crippen molar-refractivity contribution in [2.75, 3.05) is 7.05 Å². The van der Waals surface area contributed by atoms with E-state index in [4.69, 9.17) is 5.11 Å². The number of aromatic nitrogens is 2. The monoisotopic (exact) mass is 261 g/mol. The van der Waals surface area contributed by atoms with Crippen LogP contribution in [0.3, 0.4) is 0 Å². The van der Waals surface area contributed by atoms with Gasteiger partial charge in [0.05, 0.1) is 11.9 Å². The van der Waals surface area contributed by atoms with E-state index < -0.39 is 22.0 Å². The zero-order valence-corrected chi connectivity index (χ0v) is 10.9. The molecule has 1 atom stereocenters. The van der Waals surface area contributed by atoms with Gasteiger partial charge in [0.1, 0.15) is 10.9 Å². The molecule has 96 valence electrons. The molecular weight excluding hydrogens is 246 g/mol. The Kier molecular flexibility index (Phi) is 3.58. The summed E-state index contributed by atoms with van der Waals surface area (Å²) in [5.41, 5.74) is 0.467. The first-order valence-corrected chi connectivity index (χ1v) is 6.33. The van der Waals surface area contributed by atoms with Crippen molar-refractivity contribution < 1.29 is 18.3 Å². The Balaban J connectivity index is 3.21. The number of sulfonamides is 1. The first kappa shape index (κ1) is 13.7. The molecule has 0 aromatic carbocycles. The fourth-order valence-electron chi connectivity index (χ4n) is 1.25. The number of nitrogens with zero attached hydrogens (tertiary/aromatic N) is 3. The highest BCUT2D eigenvalue weighted by atomic mass is 32.2. The van der Waals surface area contributed by atoms with Gasteiger partial charge in [-0.05, 0) is 13.8 Å². The molecule has 1 aromatic rings.